The lowest BCUT2D eigenvalue weighted by Gasteiger charge is -2.41. The molecule has 3 aliphatic rings. The van der Waals surface area contributed by atoms with Gasteiger partial charge in [0.25, 0.3) is 0 Å². The Kier molecular flexibility index (Phi) is 4.51. The van der Waals surface area contributed by atoms with Gasteiger partial charge in [-0.05, 0) is 39.5 Å². The zero-order chi connectivity index (χ0) is 21.2. The monoisotopic (exact) mass is 412 g/mol. The van der Waals surface area contributed by atoms with Crippen molar-refractivity contribution in [2.45, 2.75) is 42.9 Å². The molecule has 5 N–H and O–H groups in total. The van der Waals surface area contributed by atoms with E-state index in [1.807, 2.05) is 36.4 Å². The van der Waals surface area contributed by atoms with E-state index in [1.54, 1.807) is 12.1 Å². The minimum atomic E-state index is -1.81. The van der Waals surface area contributed by atoms with E-state index in [-0.39, 0.29) is 0 Å². The summed E-state index contributed by atoms with van der Waals surface area (Å²) in [7, 11) is 0. The van der Waals surface area contributed by atoms with Crippen LogP contribution in [-0.4, -0.2) is 68.3 Å². The Morgan fingerprint density at radius 2 is 1.57 bits per heavy atom. The van der Waals surface area contributed by atoms with Crippen LogP contribution in [0.4, 0.5) is 0 Å². The number of rotatable bonds is 3. The summed E-state index contributed by atoms with van der Waals surface area (Å²) >= 11 is 0. The third-order valence-electron chi connectivity index (χ3n) is 5.92. The average Bonchev–Trinajstić information content (AvgIpc) is 3.05. The average molecular weight is 412 g/mol. The van der Waals surface area contributed by atoms with Crippen molar-refractivity contribution in [2.24, 2.45) is 0 Å². The van der Waals surface area contributed by atoms with Crippen molar-refractivity contribution in [2.75, 3.05) is 0 Å². The number of carbonyl (C=O) groups is 1. The SMILES string of the molecule is O=C(O)[C@H]1O[C@@H](O[C@@H]2c3cccc4c3C(=C[C@@H]2O)c2ccccc2-4)[C@H](O)[C@@H](O)[C@@H]1O. The Bertz CT molecular complexity index is 1050. The first-order chi connectivity index (χ1) is 14.4. The molecule has 8 nitrogen and oxygen atoms in total. The first-order valence-electron chi connectivity index (χ1n) is 9.59. The van der Waals surface area contributed by atoms with Crippen molar-refractivity contribution in [1.82, 2.24) is 0 Å². The number of hydrogen-bond acceptors (Lipinski definition) is 7. The van der Waals surface area contributed by atoms with Crippen molar-refractivity contribution < 1.29 is 39.8 Å². The molecule has 0 aromatic heterocycles. The third kappa shape index (κ3) is 2.73. The Hall–Kier alpha value is -2.59. The predicted molar refractivity (Wildman–Crippen MR) is 103 cm³/mol. The lowest BCUT2D eigenvalue weighted by Crippen LogP contribution is -2.60. The van der Waals surface area contributed by atoms with Gasteiger partial charge in [-0.1, -0.05) is 42.5 Å². The van der Waals surface area contributed by atoms with Gasteiger partial charge < -0.3 is 35.0 Å². The second kappa shape index (κ2) is 6.98. The van der Waals surface area contributed by atoms with E-state index in [0.717, 1.165) is 27.8 Å². The molecular formula is C22H20O8. The molecule has 0 amide bonds. The lowest BCUT2D eigenvalue weighted by atomic mass is 9.86. The Morgan fingerprint density at radius 1 is 0.867 bits per heavy atom. The number of aliphatic carboxylic acids is 1. The third-order valence-corrected chi connectivity index (χ3v) is 5.92. The Morgan fingerprint density at radius 3 is 2.30 bits per heavy atom. The van der Waals surface area contributed by atoms with Crippen molar-refractivity contribution in [1.29, 1.82) is 0 Å². The first kappa shape index (κ1) is 19.4. The van der Waals surface area contributed by atoms with Gasteiger partial charge >= 0.3 is 5.97 Å². The molecule has 1 saturated heterocycles. The standard InChI is InChI=1S/C22H20O8/c23-14-8-13-10-5-2-1-4-9(10)11-6-3-7-12(15(11)13)19(14)29-22-18(26)16(24)17(25)20(30-22)21(27)28/h1-8,14,16-20,22-26H,(H,27,28)/t14-,16-,17-,18+,19+,20-,22+/m0/s1. The van der Waals surface area contributed by atoms with Crippen LogP contribution in [-0.2, 0) is 14.3 Å². The normalized spacial score (nSPS) is 34.1. The molecule has 5 rings (SSSR count). The van der Waals surface area contributed by atoms with Crippen LogP contribution >= 0.6 is 0 Å². The van der Waals surface area contributed by atoms with Gasteiger partial charge in [-0.3, -0.25) is 0 Å². The summed E-state index contributed by atoms with van der Waals surface area (Å²) in [6, 6.07) is 13.4. The molecule has 1 fully saturated rings. The minimum absolute atomic E-state index is 0.664. The fourth-order valence-electron chi connectivity index (χ4n) is 4.50. The van der Waals surface area contributed by atoms with Crippen LogP contribution in [0.2, 0.25) is 0 Å². The van der Waals surface area contributed by atoms with Crippen LogP contribution in [0.1, 0.15) is 22.8 Å². The number of benzene rings is 2. The van der Waals surface area contributed by atoms with Crippen LogP contribution in [0, 0.1) is 0 Å². The fraction of sp³-hybridized carbons (Fsp3) is 0.318. The molecule has 2 aliphatic carbocycles. The lowest BCUT2D eigenvalue weighted by molar-refractivity contribution is -0.310. The van der Waals surface area contributed by atoms with Crippen LogP contribution in [0.3, 0.4) is 0 Å². The molecular weight excluding hydrogens is 392 g/mol. The van der Waals surface area contributed by atoms with Crippen molar-refractivity contribution in [3.05, 3.63) is 65.2 Å². The summed E-state index contributed by atoms with van der Waals surface area (Å²) in [5, 5.41) is 50.2. The van der Waals surface area contributed by atoms with Gasteiger partial charge in [-0.15, -0.1) is 0 Å². The van der Waals surface area contributed by atoms with E-state index in [9.17, 15) is 30.3 Å². The first-order valence-corrected chi connectivity index (χ1v) is 9.59. The highest BCUT2D eigenvalue weighted by atomic mass is 16.7. The molecule has 2 aromatic carbocycles. The maximum absolute atomic E-state index is 11.3. The topological polar surface area (TPSA) is 137 Å². The molecule has 0 unspecified atom stereocenters. The smallest absolute Gasteiger partial charge is 0.335 e. The molecule has 7 atom stereocenters. The molecule has 0 saturated carbocycles. The van der Waals surface area contributed by atoms with E-state index in [0.29, 0.717) is 5.56 Å². The number of fused-ring (bicyclic) bond motifs is 3. The summed E-state index contributed by atoms with van der Waals surface area (Å²) in [5.41, 5.74) is 5.46. The van der Waals surface area contributed by atoms with E-state index in [4.69, 9.17) is 9.47 Å². The molecule has 2 aromatic rings. The van der Waals surface area contributed by atoms with Crippen LogP contribution in [0.15, 0.2) is 48.5 Å². The van der Waals surface area contributed by atoms with E-state index >= 15 is 0 Å². The second-order valence-electron chi connectivity index (χ2n) is 7.68. The second-order valence-corrected chi connectivity index (χ2v) is 7.68. The largest absolute Gasteiger partial charge is 0.479 e. The number of aliphatic hydroxyl groups is 4. The summed E-state index contributed by atoms with van der Waals surface area (Å²) in [6.45, 7) is 0. The van der Waals surface area contributed by atoms with Crippen molar-refractivity contribution in [3.63, 3.8) is 0 Å². The highest BCUT2D eigenvalue weighted by Gasteiger charge is 2.49. The fourth-order valence-corrected chi connectivity index (χ4v) is 4.50. The summed E-state index contributed by atoms with van der Waals surface area (Å²) < 4.78 is 11.0. The molecule has 0 bridgehead atoms. The highest BCUT2D eigenvalue weighted by Crippen LogP contribution is 2.51. The minimum Gasteiger partial charge on any atom is -0.479 e. The van der Waals surface area contributed by atoms with Crippen LogP contribution in [0.25, 0.3) is 16.7 Å². The number of aliphatic hydroxyl groups excluding tert-OH is 4. The van der Waals surface area contributed by atoms with Gasteiger partial charge in [0.1, 0.15) is 30.5 Å². The van der Waals surface area contributed by atoms with Crippen molar-refractivity contribution in [3.8, 4) is 11.1 Å². The maximum Gasteiger partial charge on any atom is 0.335 e. The molecule has 1 aliphatic heterocycles. The molecule has 0 spiro atoms. The van der Waals surface area contributed by atoms with E-state index in [1.165, 1.54) is 0 Å². The highest BCUT2D eigenvalue weighted by molar-refractivity contribution is 6.03. The summed E-state index contributed by atoms with van der Waals surface area (Å²) in [5.74, 6) is -1.50. The zero-order valence-electron chi connectivity index (χ0n) is 15.6. The zero-order valence-corrected chi connectivity index (χ0v) is 15.6. The number of carboxylic acid groups (broad SMARTS) is 1. The van der Waals surface area contributed by atoms with Gasteiger partial charge in [0, 0.05) is 0 Å². The van der Waals surface area contributed by atoms with Gasteiger partial charge in [-0.25, -0.2) is 4.79 Å². The molecule has 156 valence electrons. The summed E-state index contributed by atoms with van der Waals surface area (Å²) in [4.78, 5) is 11.3. The van der Waals surface area contributed by atoms with Crippen molar-refractivity contribution >= 4 is 11.5 Å². The Balaban J connectivity index is 1.52. The predicted octanol–water partition coefficient (Wildman–Crippen LogP) is 0.423. The maximum atomic E-state index is 11.3. The van der Waals surface area contributed by atoms with Gasteiger partial charge in [0.15, 0.2) is 12.4 Å². The molecule has 30 heavy (non-hydrogen) atoms. The van der Waals surface area contributed by atoms with Crippen LogP contribution < -0.4 is 0 Å². The quantitative estimate of drug-likeness (QED) is 0.418. The van der Waals surface area contributed by atoms with Crippen LogP contribution in [0.5, 0.6) is 0 Å². The van der Waals surface area contributed by atoms with E-state index in [2.05, 4.69) is 0 Å². The number of hydrogen-bond donors (Lipinski definition) is 5. The van der Waals surface area contributed by atoms with E-state index < -0.39 is 48.9 Å². The molecule has 0 radical (unpaired) electrons. The number of carboxylic acids is 1. The molecule has 1 heterocycles. The van der Waals surface area contributed by atoms with Gasteiger partial charge in [0.05, 0.1) is 0 Å². The Labute approximate surface area is 171 Å². The van der Waals surface area contributed by atoms with Gasteiger partial charge in [0.2, 0.25) is 0 Å². The summed E-state index contributed by atoms with van der Waals surface area (Å²) in [6.07, 6.45) is -9.01. The van der Waals surface area contributed by atoms with Gasteiger partial charge in [-0.2, -0.15) is 0 Å². The molecule has 8 heteroatoms. The number of ether oxygens (including phenoxy) is 2.